The molecule has 1 saturated heterocycles. The molecule has 0 bridgehead atoms. The van der Waals surface area contributed by atoms with Gasteiger partial charge >= 0.3 is 0 Å². The molecule has 1 aromatic carbocycles. The van der Waals surface area contributed by atoms with Crippen LogP contribution in [0.25, 0.3) is 0 Å². The lowest BCUT2D eigenvalue weighted by atomic mass is 9.89. The number of nitrogens with zero attached hydrogens (tertiary/aromatic N) is 3. The van der Waals surface area contributed by atoms with Crippen molar-refractivity contribution in [3.63, 3.8) is 0 Å². The smallest absolute Gasteiger partial charge is 0.251 e. The van der Waals surface area contributed by atoms with Crippen LogP contribution in [-0.2, 0) is 30.3 Å². The second-order valence-electron chi connectivity index (χ2n) is 13.8. The summed E-state index contributed by atoms with van der Waals surface area (Å²) in [6.07, 6.45) is 3.53. The molecular formula is C38H58N6O6. The average molecular weight is 695 g/mol. The van der Waals surface area contributed by atoms with E-state index in [2.05, 4.69) is 15.6 Å². The molecule has 12 heteroatoms. The summed E-state index contributed by atoms with van der Waals surface area (Å²) in [5.74, 6) is -1.59. The van der Waals surface area contributed by atoms with Gasteiger partial charge in [0.25, 0.3) is 5.91 Å². The Labute approximate surface area is 297 Å². The number of methoxy groups -OCH3 is 2. The number of nitrogens with two attached hydrogens (primary N) is 1. The predicted octanol–water partition coefficient (Wildman–Crippen LogP) is 3.70. The summed E-state index contributed by atoms with van der Waals surface area (Å²) < 4.78 is 11.9. The number of hydrogen-bond acceptors (Lipinski definition) is 8. The summed E-state index contributed by atoms with van der Waals surface area (Å²) >= 11 is 0. The fraction of sp³-hybridized carbons (Fsp3) is 0.605. The van der Waals surface area contributed by atoms with Crippen molar-refractivity contribution in [2.75, 3.05) is 40.1 Å². The number of ether oxygens (including phenoxy) is 2. The van der Waals surface area contributed by atoms with Crippen molar-refractivity contribution in [2.45, 2.75) is 97.1 Å². The highest BCUT2D eigenvalue weighted by Crippen LogP contribution is 2.29. The molecule has 0 radical (unpaired) electrons. The maximum Gasteiger partial charge on any atom is 0.251 e. The molecule has 4 amide bonds. The van der Waals surface area contributed by atoms with Crippen LogP contribution in [-0.4, -0.2) is 103 Å². The summed E-state index contributed by atoms with van der Waals surface area (Å²) in [4.78, 5) is 62.2. The van der Waals surface area contributed by atoms with Crippen molar-refractivity contribution in [3.05, 3.63) is 59.9 Å². The zero-order chi connectivity index (χ0) is 37.0. The SMILES string of the molecule is CC[C@H](C)[C@@H]([C@@H](CC(=O)N1CCCC1[C@H](OC)[C@@H](C)C(=O)NCCc1ccccn1)OC)N(C)C(=O)C(NC(=O)c1ccc(N)cc1)C(C)C. The van der Waals surface area contributed by atoms with E-state index in [1.807, 2.05) is 57.7 Å². The lowest BCUT2D eigenvalue weighted by molar-refractivity contribution is -0.146. The van der Waals surface area contributed by atoms with E-state index in [1.165, 1.54) is 0 Å². The van der Waals surface area contributed by atoms with Crippen molar-refractivity contribution in [1.29, 1.82) is 0 Å². The van der Waals surface area contributed by atoms with Crippen LogP contribution in [0.1, 0.15) is 76.4 Å². The van der Waals surface area contributed by atoms with Gasteiger partial charge in [-0.05, 0) is 61.1 Å². The molecule has 0 aliphatic carbocycles. The first kappa shape index (κ1) is 40.4. The first-order valence-corrected chi connectivity index (χ1v) is 17.8. The molecule has 276 valence electrons. The van der Waals surface area contributed by atoms with Gasteiger partial charge in [0, 0.05) is 63.9 Å². The molecule has 1 fully saturated rings. The van der Waals surface area contributed by atoms with Gasteiger partial charge in [0.05, 0.1) is 36.6 Å². The first-order chi connectivity index (χ1) is 23.8. The number of pyridine rings is 1. The topological polar surface area (TPSA) is 156 Å². The monoisotopic (exact) mass is 694 g/mol. The minimum absolute atomic E-state index is 0.0155. The summed E-state index contributed by atoms with van der Waals surface area (Å²) in [6.45, 7) is 10.7. The zero-order valence-electron chi connectivity index (χ0n) is 31.1. The first-order valence-electron chi connectivity index (χ1n) is 17.8. The van der Waals surface area contributed by atoms with Crippen LogP contribution in [0.15, 0.2) is 48.7 Å². The Hall–Kier alpha value is -4.03. The summed E-state index contributed by atoms with van der Waals surface area (Å²) in [7, 11) is 4.86. The van der Waals surface area contributed by atoms with E-state index in [9.17, 15) is 19.2 Å². The average Bonchev–Trinajstić information content (AvgIpc) is 3.60. The Morgan fingerprint density at radius 1 is 1.04 bits per heavy atom. The summed E-state index contributed by atoms with van der Waals surface area (Å²) in [5, 5.41) is 5.92. The molecule has 12 nitrogen and oxygen atoms in total. The number of rotatable bonds is 18. The van der Waals surface area contributed by atoms with E-state index in [-0.39, 0.29) is 47.9 Å². The van der Waals surface area contributed by atoms with Gasteiger partial charge in [0.2, 0.25) is 17.7 Å². The molecule has 2 aromatic rings. The van der Waals surface area contributed by atoms with E-state index in [1.54, 1.807) is 56.6 Å². The maximum atomic E-state index is 14.1. The highest BCUT2D eigenvalue weighted by Gasteiger charge is 2.42. The predicted molar refractivity (Wildman–Crippen MR) is 194 cm³/mol. The van der Waals surface area contributed by atoms with Crippen LogP contribution in [0.2, 0.25) is 0 Å². The van der Waals surface area contributed by atoms with E-state index < -0.39 is 30.2 Å². The van der Waals surface area contributed by atoms with E-state index in [0.717, 1.165) is 18.5 Å². The molecule has 7 atom stereocenters. The molecule has 2 unspecified atom stereocenters. The van der Waals surface area contributed by atoms with Crippen molar-refractivity contribution in [3.8, 4) is 0 Å². The lowest BCUT2D eigenvalue weighted by Gasteiger charge is -2.40. The number of nitrogen functional groups attached to an aromatic ring is 1. The van der Waals surface area contributed by atoms with Gasteiger partial charge in [-0.1, -0.05) is 47.1 Å². The zero-order valence-corrected chi connectivity index (χ0v) is 31.1. The third-order valence-corrected chi connectivity index (χ3v) is 10.1. The van der Waals surface area contributed by atoms with Crippen molar-refractivity contribution in [2.24, 2.45) is 17.8 Å². The Kier molecular flexibility index (Phi) is 15.7. The Morgan fingerprint density at radius 3 is 2.32 bits per heavy atom. The number of amides is 4. The number of carbonyl (C=O) groups is 4. The third-order valence-electron chi connectivity index (χ3n) is 10.1. The number of hydrogen-bond donors (Lipinski definition) is 3. The fourth-order valence-corrected chi connectivity index (χ4v) is 6.92. The largest absolute Gasteiger partial charge is 0.399 e. The molecular weight excluding hydrogens is 636 g/mol. The molecule has 4 N–H and O–H groups in total. The minimum atomic E-state index is -0.799. The van der Waals surface area contributed by atoms with Crippen molar-refractivity contribution in [1.82, 2.24) is 25.4 Å². The number of benzene rings is 1. The van der Waals surface area contributed by atoms with Crippen LogP contribution in [0.4, 0.5) is 5.69 Å². The highest BCUT2D eigenvalue weighted by molar-refractivity contribution is 5.98. The normalized spacial score (nSPS) is 18.1. The highest BCUT2D eigenvalue weighted by atomic mass is 16.5. The van der Waals surface area contributed by atoms with Gasteiger partial charge < -0.3 is 35.6 Å². The van der Waals surface area contributed by atoms with Crippen molar-refractivity contribution < 1.29 is 28.7 Å². The summed E-state index contributed by atoms with van der Waals surface area (Å²) in [6, 6.07) is 10.7. The summed E-state index contributed by atoms with van der Waals surface area (Å²) in [5.41, 5.74) is 7.63. The molecule has 0 saturated carbocycles. The second kappa shape index (κ2) is 19.4. The number of carbonyl (C=O) groups excluding carboxylic acids is 4. The van der Waals surface area contributed by atoms with Gasteiger partial charge in [-0.3, -0.25) is 24.2 Å². The molecule has 1 aliphatic rings. The van der Waals surface area contributed by atoms with Gasteiger partial charge in [-0.15, -0.1) is 0 Å². The molecule has 3 rings (SSSR count). The van der Waals surface area contributed by atoms with E-state index in [4.69, 9.17) is 15.2 Å². The number of nitrogens with one attached hydrogen (secondary N) is 2. The number of aromatic nitrogens is 1. The maximum absolute atomic E-state index is 14.1. The van der Waals surface area contributed by atoms with Crippen LogP contribution in [0.5, 0.6) is 0 Å². The number of likely N-dealkylation sites (tertiary alicyclic amines) is 1. The Balaban J connectivity index is 1.72. The van der Waals surface area contributed by atoms with E-state index in [0.29, 0.717) is 37.2 Å². The fourth-order valence-electron chi connectivity index (χ4n) is 6.92. The van der Waals surface area contributed by atoms with Crippen LogP contribution in [0, 0.1) is 17.8 Å². The van der Waals surface area contributed by atoms with Gasteiger partial charge in [-0.2, -0.15) is 0 Å². The number of likely N-dealkylation sites (N-methyl/N-ethyl adjacent to an activating group) is 1. The van der Waals surface area contributed by atoms with Gasteiger partial charge in [0.1, 0.15) is 6.04 Å². The van der Waals surface area contributed by atoms with Crippen LogP contribution < -0.4 is 16.4 Å². The van der Waals surface area contributed by atoms with Crippen LogP contribution in [0.3, 0.4) is 0 Å². The quantitative estimate of drug-likeness (QED) is 0.200. The van der Waals surface area contributed by atoms with Crippen LogP contribution >= 0.6 is 0 Å². The lowest BCUT2D eigenvalue weighted by Crippen LogP contribution is -2.57. The second-order valence-corrected chi connectivity index (χ2v) is 13.8. The molecule has 1 aliphatic heterocycles. The minimum Gasteiger partial charge on any atom is -0.399 e. The molecule has 50 heavy (non-hydrogen) atoms. The van der Waals surface area contributed by atoms with Gasteiger partial charge in [-0.25, -0.2) is 0 Å². The number of anilines is 1. The standard InChI is InChI=1S/C38H58N6O6/c1-9-25(4)34(43(6)38(48)33(24(2)3)42-37(47)27-15-17-28(39)18-16-27)31(49-7)23-32(45)44-22-12-14-30(44)35(50-8)26(5)36(46)41-21-19-29-13-10-11-20-40-29/h10-11,13,15-18,20,24-26,30-31,33-35H,9,12,14,19,21-23,39H2,1-8H3,(H,41,46)(H,42,47)/t25-,26+,30?,31+,33?,34-,35+/m0/s1. The third kappa shape index (κ3) is 10.5. The Morgan fingerprint density at radius 2 is 1.74 bits per heavy atom. The molecule has 0 spiro atoms. The molecule has 1 aromatic heterocycles. The van der Waals surface area contributed by atoms with E-state index >= 15 is 0 Å². The van der Waals surface area contributed by atoms with Gasteiger partial charge in [0.15, 0.2) is 0 Å². The Bertz CT molecular complexity index is 1390. The van der Waals surface area contributed by atoms with Crippen molar-refractivity contribution >= 4 is 29.3 Å². The molecule has 2 heterocycles.